The number of hydrogen-bond donors (Lipinski definition) is 1. The van der Waals surface area contributed by atoms with E-state index in [0.717, 1.165) is 0 Å². The molecule has 0 atom stereocenters. The van der Waals surface area contributed by atoms with Crippen LogP contribution >= 0.6 is 0 Å². The minimum atomic E-state index is -0.284. The molecule has 2 N–H and O–H groups in total. The van der Waals surface area contributed by atoms with E-state index in [-0.39, 0.29) is 11.2 Å². The summed E-state index contributed by atoms with van der Waals surface area (Å²) in [6.45, 7) is 0. The summed E-state index contributed by atoms with van der Waals surface area (Å²) < 4.78 is 2.87. The van der Waals surface area contributed by atoms with E-state index in [9.17, 15) is 4.79 Å². The minimum Gasteiger partial charge on any atom is -0.394 e. The third-order valence-corrected chi connectivity index (χ3v) is 1.81. The first kappa shape index (κ1) is 8.49. The highest BCUT2D eigenvalue weighted by molar-refractivity contribution is 5.36. The molecule has 0 spiro atoms. The fraction of sp³-hybridized carbons (Fsp3) is 0.125. The lowest BCUT2D eigenvalue weighted by Crippen LogP contribution is -2.20. The molecule has 14 heavy (non-hydrogen) atoms. The van der Waals surface area contributed by atoms with Crippen LogP contribution in [0.4, 0.5) is 5.69 Å². The lowest BCUT2D eigenvalue weighted by Gasteiger charge is -1.99. The van der Waals surface area contributed by atoms with E-state index >= 15 is 0 Å². The van der Waals surface area contributed by atoms with E-state index in [2.05, 4.69) is 10.3 Å². The van der Waals surface area contributed by atoms with Crippen LogP contribution < -0.4 is 11.3 Å². The highest BCUT2D eigenvalue weighted by Gasteiger charge is 2.04. The van der Waals surface area contributed by atoms with Gasteiger partial charge in [0, 0.05) is 13.2 Å². The number of nitrogens with zero attached hydrogens (tertiary/aromatic N) is 4. The first-order valence-corrected chi connectivity index (χ1v) is 4.02. The predicted molar refractivity (Wildman–Crippen MR) is 51.0 cm³/mol. The van der Waals surface area contributed by atoms with Crippen LogP contribution in [0.2, 0.25) is 0 Å². The Kier molecular flexibility index (Phi) is 1.81. The summed E-state index contributed by atoms with van der Waals surface area (Å²) in [5.41, 5.74) is 5.38. The van der Waals surface area contributed by atoms with Gasteiger partial charge in [0.15, 0.2) is 5.82 Å². The maximum absolute atomic E-state index is 11.5. The topological polar surface area (TPSA) is 78.7 Å². The molecule has 0 fully saturated rings. The van der Waals surface area contributed by atoms with Crippen molar-refractivity contribution in [1.29, 1.82) is 0 Å². The Hall–Kier alpha value is -2.11. The van der Waals surface area contributed by atoms with E-state index in [1.807, 2.05) is 0 Å². The van der Waals surface area contributed by atoms with Gasteiger partial charge in [-0.25, -0.2) is 0 Å². The van der Waals surface area contributed by atoms with Crippen LogP contribution in [0.1, 0.15) is 0 Å². The number of hydrogen-bond acceptors (Lipinski definition) is 4. The first-order chi connectivity index (χ1) is 6.68. The third-order valence-electron chi connectivity index (χ3n) is 1.81. The molecule has 0 saturated heterocycles. The second-order valence-corrected chi connectivity index (χ2v) is 2.89. The van der Waals surface area contributed by atoms with Crippen molar-refractivity contribution >= 4 is 5.69 Å². The van der Waals surface area contributed by atoms with Crippen molar-refractivity contribution in [3.8, 4) is 5.82 Å². The van der Waals surface area contributed by atoms with Crippen LogP contribution in [0.5, 0.6) is 0 Å². The lowest BCUT2D eigenvalue weighted by atomic mass is 10.4. The van der Waals surface area contributed by atoms with Crippen molar-refractivity contribution < 1.29 is 0 Å². The Balaban J connectivity index is 2.63. The summed E-state index contributed by atoms with van der Waals surface area (Å²) >= 11 is 0. The Morgan fingerprint density at radius 2 is 2.29 bits per heavy atom. The van der Waals surface area contributed by atoms with Crippen LogP contribution in [0.25, 0.3) is 5.82 Å². The van der Waals surface area contributed by atoms with Gasteiger partial charge in [-0.1, -0.05) is 5.21 Å². The van der Waals surface area contributed by atoms with E-state index in [0.29, 0.717) is 5.82 Å². The van der Waals surface area contributed by atoms with E-state index < -0.39 is 0 Å². The number of aryl methyl sites for hydroxylation is 1. The molecule has 2 aromatic heterocycles. The molecule has 0 saturated carbocycles. The smallest absolute Gasteiger partial charge is 0.279 e. The number of anilines is 1. The van der Waals surface area contributed by atoms with Crippen LogP contribution in [0, 0.1) is 0 Å². The number of aromatic nitrogens is 4. The van der Waals surface area contributed by atoms with Gasteiger partial charge in [0.1, 0.15) is 0 Å². The minimum absolute atomic E-state index is 0.193. The van der Waals surface area contributed by atoms with Gasteiger partial charge in [-0.3, -0.25) is 14.0 Å². The van der Waals surface area contributed by atoms with Crippen LogP contribution in [0.3, 0.4) is 0 Å². The molecule has 0 unspecified atom stereocenters. The molecule has 2 aromatic rings. The van der Waals surface area contributed by atoms with Crippen molar-refractivity contribution in [2.45, 2.75) is 0 Å². The fourth-order valence-corrected chi connectivity index (χ4v) is 1.14. The zero-order valence-electron chi connectivity index (χ0n) is 7.58. The molecule has 0 aliphatic rings. The van der Waals surface area contributed by atoms with Crippen molar-refractivity contribution in [2.24, 2.45) is 7.05 Å². The quantitative estimate of drug-likeness (QED) is 0.662. The second kappa shape index (κ2) is 2.99. The molecular weight excluding hydrogens is 182 g/mol. The van der Waals surface area contributed by atoms with Gasteiger partial charge in [0.05, 0.1) is 11.9 Å². The highest BCUT2D eigenvalue weighted by atomic mass is 16.1. The molecule has 0 radical (unpaired) electrons. The molecule has 72 valence electrons. The maximum atomic E-state index is 11.5. The normalized spacial score (nSPS) is 10.4. The monoisotopic (exact) mass is 191 g/mol. The Morgan fingerprint density at radius 3 is 2.93 bits per heavy atom. The third kappa shape index (κ3) is 1.26. The summed E-state index contributed by atoms with van der Waals surface area (Å²) in [5.74, 6) is 0.463. The summed E-state index contributed by atoms with van der Waals surface area (Å²) in [5, 5.41) is 7.54. The van der Waals surface area contributed by atoms with Gasteiger partial charge in [-0.15, -0.1) is 5.10 Å². The van der Waals surface area contributed by atoms with Crippen LogP contribution in [0.15, 0.2) is 29.3 Å². The summed E-state index contributed by atoms with van der Waals surface area (Å²) in [7, 11) is 1.73. The van der Waals surface area contributed by atoms with Gasteiger partial charge in [0.25, 0.3) is 5.56 Å². The van der Waals surface area contributed by atoms with Gasteiger partial charge >= 0.3 is 0 Å². The molecular formula is C8H9N5O. The maximum Gasteiger partial charge on any atom is 0.279 e. The number of nitrogens with two attached hydrogens (primary N) is 1. The van der Waals surface area contributed by atoms with Crippen LogP contribution in [-0.4, -0.2) is 19.6 Å². The average molecular weight is 191 g/mol. The summed E-state index contributed by atoms with van der Waals surface area (Å²) in [6.07, 6.45) is 3.24. The molecule has 0 bridgehead atoms. The zero-order chi connectivity index (χ0) is 10.1. The molecule has 0 aliphatic heterocycles. The van der Waals surface area contributed by atoms with Crippen molar-refractivity contribution in [1.82, 2.24) is 19.6 Å². The average Bonchev–Trinajstić information content (AvgIpc) is 2.57. The van der Waals surface area contributed by atoms with Gasteiger partial charge < -0.3 is 5.73 Å². The molecule has 2 rings (SSSR count). The Bertz CT molecular complexity index is 512. The lowest BCUT2D eigenvalue weighted by molar-refractivity contribution is 0.713. The fourth-order valence-electron chi connectivity index (χ4n) is 1.14. The number of nitrogen functional groups attached to an aromatic ring is 1. The largest absolute Gasteiger partial charge is 0.394 e. The number of pyridine rings is 1. The molecule has 6 nitrogen and oxygen atoms in total. The van der Waals surface area contributed by atoms with Crippen LogP contribution in [-0.2, 0) is 7.05 Å². The van der Waals surface area contributed by atoms with Gasteiger partial charge in [-0.2, -0.15) is 0 Å². The summed E-state index contributed by atoms with van der Waals surface area (Å²) in [4.78, 5) is 11.5. The standard InChI is InChI=1S/C8H9N5O/c1-12-5-7(10-11-12)13-4-2-3-6(9)8(13)14/h2-5H,9H2,1H3. The van der Waals surface area contributed by atoms with Gasteiger partial charge in [0.2, 0.25) is 0 Å². The summed E-state index contributed by atoms with van der Waals surface area (Å²) in [6, 6.07) is 3.24. The van der Waals surface area contributed by atoms with Crippen molar-refractivity contribution in [3.05, 3.63) is 34.9 Å². The van der Waals surface area contributed by atoms with Crippen molar-refractivity contribution in [2.75, 3.05) is 5.73 Å². The molecule has 0 aromatic carbocycles. The van der Waals surface area contributed by atoms with E-state index in [1.54, 1.807) is 31.6 Å². The zero-order valence-corrected chi connectivity index (χ0v) is 7.58. The molecule has 6 heteroatoms. The predicted octanol–water partition coefficient (Wildman–Crippen LogP) is -0.452. The Morgan fingerprint density at radius 1 is 1.50 bits per heavy atom. The van der Waals surface area contributed by atoms with Crippen molar-refractivity contribution in [3.63, 3.8) is 0 Å². The second-order valence-electron chi connectivity index (χ2n) is 2.89. The SMILES string of the molecule is Cn1cc(-n2cccc(N)c2=O)nn1. The first-order valence-electron chi connectivity index (χ1n) is 4.02. The molecule has 0 amide bonds. The number of rotatable bonds is 1. The van der Waals surface area contributed by atoms with E-state index in [4.69, 9.17) is 5.73 Å². The molecule has 0 aliphatic carbocycles. The molecule has 2 heterocycles. The van der Waals surface area contributed by atoms with Gasteiger partial charge in [-0.05, 0) is 12.1 Å². The Labute approximate surface area is 79.6 Å². The van der Waals surface area contributed by atoms with E-state index in [1.165, 1.54) is 9.25 Å². The highest BCUT2D eigenvalue weighted by Crippen LogP contribution is 1.99.